The molecule has 3 rings (SSSR count). The van der Waals surface area contributed by atoms with Gasteiger partial charge in [-0.25, -0.2) is 0 Å². The molecule has 4 heteroatoms. The Morgan fingerprint density at radius 1 is 1.15 bits per heavy atom. The van der Waals surface area contributed by atoms with Gasteiger partial charge in [-0.3, -0.25) is 9.59 Å². The molecular weight excluding hydrogens is 336 g/mol. The predicted molar refractivity (Wildman–Crippen MR) is 110 cm³/mol. The van der Waals surface area contributed by atoms with E-state index in [0.717, 1.165) is 29.8 Å². The molecule has 0 aliphatic carbocycles. The van der Waals surface area contributed by atoms with E-state index in [9.17, 15) is 9.59 Å². The molecule has 2 aromatic carbocycles. The molecule has 0 aromatic heterocycles. The molecule has 1 saturated heterocycles. The first-order chi connectivity index (χ1) is 13.0. The first-order valence-electron chi connectivity index (χ1n) is 9.83. The van der Waals surface area contributed by atoms with Crippen LogP contribution in [0.25, 0.3) is 0 Å². The van der Waals surface area contributed by atoms with Crippen LogP contribution < -0.4 is 10.2 Å². The third-order valence-electron chi connectivity index (χ3n) is 5.52. The Hall–Kier alpha value is -2.62. The van der Waals surface area contributed by atoms with Gasteiger partial charge in [0.2, 0.25) is 11.8 Å². The lowest BCUT2D eigenvalue weighted by Crippen LogP contribution is -2.29. The molecule has 4 nitrogen and oxygen atoms in total. The average Bonchev–Trinajstić information content (AvgIpc) is 3.09. The summed E-state index contributed by atoms with van der Waals surface area (Å²) in [4.78, 5) is 27.3. The van der Waals surface area contributed by atoms with Gasteiger partial charge < -0.3 is 10.2 Å². The molecule has 0 bridgehead atoms. The molecule has 1 aliphatic rings. The number of carbonyl (C=O) groups excluding carboxylic acids is 2. The molecule has 0 unspecified atom stereocenters. The smallest absolute Gasteiger partial charge is 0.229 e. The van der Waals surface area contributed by atoms with Crippen LogP contribution >= 0.6 is 0 Å². The largest absolute Gasteiger partial charge is 0.326 e. The molecule has 0 spiro atoms. The predicted octanol–water partition coefficient (Wildman–Crippen LogP) is 4.75. The van der Waals surface area contributed by atoms with Crippen LogP contribution in [-0.2, 0) is 16.0 Å². The third kappa shape index (κ3) is 4.05. The number of hydrogen-bond acceptors (Lipinski definition) is 2. The van der Waals surface area contributed by atoms with Crippen molar-refractivity contribution in [3.05, 3.63) is 59.7 Å². The van der Waals surface area contributed by atoms with E-state index in [1.165, 1.54) is 5.56 Å². The topological polar surface area (TPSA) is 49.4 Å². The van der Waals surface area contributed by atoms with E-state index in [0.29, 0.717) is 12.5 Å². The number of rotatable bonds is 6. The Bertz CT molecular complexity index is 831. The summed E-state index contributed by atoms with van der Waals surface area (Å²) in [6.07, 6.45) is 2.13. The van der Waals surface area contributed by atoms with Crippen molar-refractivity contribution in [3.8, 4) is 0 Å². The van der Waals surface area contributed by atoms with Gasteiger partial charge in [-0.15, -0.1) is 0 Å². The second-order valence-corrected chi connectivity index (χ2v) is 7.27. The molecule has 1 N–H and O–H groups in total. The van der Waals surface area contributed by atoms with Crippen molar-refractivity contribution in [2.24, 2.45) is 5.92 Å². The van der Waals surface area contributed by atoms with E-state index in [4.69, 9.17) is 0 Å². The van der Waals surface area contributed by atoms with Gasteiger partial charge in [-0.05, 0) is 42.0 Å². The number of hydrogen-bond donors (Lipinski definition) is 1. The highest BCUT2D eigenvalue weighted by Crippen LogP contribution is 2.33. The van der Waals surface area contributed by atoms with Crippen LogP contribution in [0.2, 0.25) is 0 Å². The quantitative estimate of drug-likeness (QED) is 0.804. The second kappa shape index (κ2) is 8.38. The zero-order chi connectivity index (χ0) is 19.4. The van der Waals surface area contributed by atoms with Crippen LogP contribution in [0, 0.1) is 5.92 Å². The number of benzene rings is 2. The fourth-order valence-electron chi connectivity index (χ4n) is 3.67. The van der Waals surface area contributed by atoms with Gasteiger partial charge in [-0.1, -0.05) is 57.2 Å². The third-order valence-corrected chi connectivity index (χ3v) is 5.52. The minimum Gasteiger partial charge on any atom is -0.326 e. The average molecular weight is 364 g/mol. The molecule has 2 aromatic rings. The number of para-hydroxylation sites is 2. The molecule has 27 heavy (non-hydrogen) atoms. The summed E-state index contributed by atoms with van der Waals surface area (Å²) in [5, 5.41) is 3.03. The molecule has 1 fully saturated rings. The van der Waals surface area contributed by atoms with E-state index < -0.39 is 0 Å². The fraction of sp³-hybridized carbons (Fsp3) is 0.391. The summed E-state index contributed by atoms with van der Waals surface area (Å²) in [6, 6.07) is 15.9. The highest BCUT2D eigenvalue weighted by molar-refractivity contribution is 6.04. The SMILES string of the molecule is CCc1ccccc1NC(=O)[C@H]1CC(=O)N(c2ccccc2[C@H](C)CC)C1. The Morgan fingerprint density at radius 3 is 2.59 bits per heavy atom. The summed E-state index contributed by atoms with van der Waals surface area (Å²) in [7, 11) is 0. The van der Waals surface area contributed by atoms with Crippen molar-refractivity contribution in [3.63, 3.8) is 0 Å². The lowest BCUT2D eigenvalue weighted by Gasteiger charge is -2.23. The summed E-state index contributed by atoms with van der Waals surface area (Å²) in [5.41, 5.74) is 4.07. The first kappa shape index (κ1) is 19.2. The van der Waals surface area contributed by atoms with E-state index in [2.05, 4.69) is 32.2 Å². The number of nitrogens with one attached hydrogen (secondary N) is 1. The minimum atomic E-state index is -0.326. The first-order valence-corrected chi connectivity index (χ1v) is 9.83. The zero-order valence-corrected chi connectivity index (χ0v) is 16.4. The van der Waals surface area contributed by atoms with Crippen LogP contribution in [0.1, 0.15) is 50.7 Å². The number of aryl methyl sites for hydroxylation is 1. The maximum absolute atomic E-state index is 12.8. The van der Waals surface area contributed by atoms with E-state index in [1.54, 1.807) is 4.90 Å². The minimum absolute atomic E-state index is 0.0229. The van der Waals surface area contributed by atoms with Gasteiger partial charge in [0.1, 0.15) is 0 Å². The number of amides is 2. The fourth-order valence-corrected chi connectivity index (χ4v) is 3.67. The van der Waals surface area contributed by atoms with Gasteiger partial charge in [0.15, 0.2) is 0 Å². The van der Waals surface area contributed by atoms with Crippen molar-refractivity contribution < 1.29 is 9.59 Å². The molecule has 0 saturated carbocycles. The number of carbonyl (C=O) groups is 2. The number of anilines is 2. The Balaban J connectivity index is 1.77. The van der Waals surface area contributed by atoms with Crippen molar-refractivity contribution in [1.82, 2.24) is 0 Å². The summed E-state index contributed by atoms with van der Waals surface area (Å²) in [6.45, 7) is 6.82. The van der Waals surface area contributed by atoms with Crippen LogP contribution in [0.5, 0.6) is 0 Å². The highest BCUT2D eigenvalue weighted by atomic mass is 16.2. The maximum atomic E-state index is 12.8. The molecule has 142 valence electrons. The Labute approximate surface area is 161 Å². The zero-order valence-electron chi connectivity index (χ0n) is 16.4. The van der Waals surface area contributed by atoms with Gasteiger partial charge >= 0.3 is 0 Å². The van der Waals surface area contributed by atoms with E-state index >= 15 is 0 Å². The van der Waals surface area contributed by atoms with Gasteiger partial charge in [-0.2, -0.15) is 0 Å². The standard InChI is InChI=1S/C23H28N2O2/c1-4-16(3)19-11-7-9-13-21(19)25-15-18(14-22(25)26)23(27)24-20-12-8-6-10-17(20)5-2/h6-13,16,18H,4-5,14-15H2,1-3H3,(H,24,27)/t16-,18+/m1/s1. The van der Waals surface area contributed by atoms with Crippen molar-refractivity contribution in [2.45, 2.75) is 46.0 Å². The Morgan fingerprint density at radius 2 is 1.85 bits per heavy atom. The van der Waals surface area contributed by atoms with Gasteiger partial charge in [0.05, 0.1) is 5.92 Å². The molecule has 1 heterocycles. The van der Waals surface area contributed by atoms with Crippen LogP contribution in [-0.4, -0.2) is 18.4 Å². The highest BCUT2D eigenvalue weighted by Gasteiger charge is 2.36. The van der Waals surface area contributed by atoms with Crippen molar-refractivity contribution in [2.75, 3.05) is 16.8 Å². The lowest BCUT2D eigenvalue weighted by molar-refractivity contribution is -0.122. The maximum Gasteiger partial charge on any atom is 0.229 e. The molecular formula is C23H28N2O2. The molecule has 2 amide bonds. The van der Waals surface area contributed by atoms with E-state index in [1.807, 2.05) is 42.5 Å². The van der Waals surface area contributed by atoms with E-state index in [-0.39, 0.29) is 24.2 Å². The normalized spacial score (nSPS) is 17.8. The van der Waals surface area contributed by atoms with Gasteiger partial charge in [0.25, 0.3) is 0 Å². The Kier molecular flexibility index (Phi) is 5.94. The van der Waals surface area contributed by atoms with Crippen molar-refractivity contribution in [1.29, 1.82) is 0 Å². The van der Waals surface area contributed by atoms with Crippen molar-refractivity contribution >= 4 is 23.2 Å². The van der Waals surface area contributed by atoms with Crippen LogP contribution in [0.3, 0.4) is 0 Å². The summed E-state index contributed by atoms with van der Waals surface area (Å²) >= 11 is 0. The molecule has 1 aliphatic heterocycles. The number of nitrogens with zero attached hydrogens (tertiary/aromatic N) is 1. The summed E-state index contributed by atoms with van der Waals surface area (Å²) in [5.74, 6) is -0.00633. The monoisotopic (exact) mass is 364 g/mol. The molecule has 0 radical (unpaired) electrons. The summed E-state index contributed by atoms with van der Waals surface area (Å²) < 4.78 is 0. The lowest BCUT2D eigenvalue weighted by atomic mass is 9.96. The van der Waals surface area contributed by atoms with Crippen LogP contribution in [0.15, 0.2) is 48.5 Å². The second-order valence-electron chi connectivity index (χ2n) is 7.27. The molecule has 2 atom stereocenters. The van der Waals surface area contributed by atoms with Crippen LogP contribution in [0.4, 0.5) is 11.4 Å². The van der Waals surface area contributed by atoms with Gasteiger partial charge in [0, 0.05) is 24.3 Å².